The second-order valence-corrected chi connectivity index (χ2v) is 8.58. The second-order valence-electron chi connectivity index (χ2n) is 5.99. The fourth-order valence-electron chi connectivity index (χ4n) is 1.79. The zero-order valence-corrected chi connectivity index (χ0v) is 13.6. The van der Waals surface area contributed by atoms with Crippen molar-refractivity contribution in [3.05, 3.63) is 0 Å². The van der Waals surface area contributed by atoms with Crippen LogP contribution in [0.5, 0.6) is 0 Å². The Bertz CT molecular complexity index is 347. The van der Waals surface area contributed by atoms with E-state index < -0.39 is 14.6 Å². The van der Waals surface area contributed by atoms with Gasteiger partial charge in [0.25, 0.3) is 0 Å². The lowest BCUT2D eigenvalue weighted by Gasteiger charge is -2.35. The number of sulfone groups is 1. The van der Waals surface area contributed by atoms with Gasteiger partial charge in [0.1, 0.15) is 0 Å². The molecule has 0 saturated carbocycles. The largest absolute Gasteiger partial charge is 0.379 e. The van der Waals surface area contributed by atoms with E-state index in [4.69, 9.17) is 4.74 Å². The first-order valence-electron chi connectivity index (χ1n) is 6.46. The molecule has 1 atom stereocenters. The van der Waals surface area contributed by atoms with Crippen molar-refractivity contribution in [3.63, 3.8) is 0 Å². The van der Waals surface area contributed by atoms with Gasteiger partial charge in [0, 0.05) is 19.4 Å². The van der Waals surface area contributed by atoms with Gasteiger partial charge in [-0.1, -0.05) is 6.92 Å². The quantitative estimate of drug-likeness (QED) is 0.738. The summed E-state index contributed by atoms with van der Waals surface area (Å²) in [6.45, 7) is 10.4. The van der Waals surface area contributed by atoms with E-state index in [9.17, 15) is 8.42 Å². The fraction of sp³-hybridized carbons (Fsp3) is 1.00. The summed E-state index contributed by atoms with van der Waals surface area (Å²) in [6.07, 6.45) is 2.90. The van der Waals surface area contributed by atoms with Crippen LogP contribution in [-0.2, 0) is 14.6 Å². The van der Waals surface area contributed by atoms with Crippen LogP contribution in [0.2, 0.25) is 0 Å². The van der Waals surface area contributed by atoms with Crippen LogP contribution < -0.4 is 5.32 Å². The van der Waals surface area contributed by atoms with Crippen LogP contribution in [0, 0.1) is 0 Å². The summed E-state index contributed by atoms with van der Waals surface area (Å²) in [5, 5.41) is 3.29. The molecule has 0 saturated heterocycles. The highest BCUT2D eigenvalue weighted by Gasteiger charge is 2.39. The van der Waals surface area contributed by atoms with Gasteiger partial charge in [0.2, 0.25) is 0 Å². The summed E-state index contributed by atoms with van der Waals surface area (Å²) in [4.78, 5) is 0. The number of ether oxygens (including phenoxy) is 1. The van der Waals surface area contributed by atoms with Crippen LogP contribution in [0.25, 0.3) is 0 Å². The highest BCUT2D eigenvalue weighted by molar-refractivity contribution is 7.92. The summed E-state index contributed by atoms with van der Waals surface area (Å²) >= 11 is 0. The van der Waals surface area contributed by atoms with Gasteiger partial charge in [-0.2, -0.15) is 0 Å². The Kier molecular flexibility index (Phi) is 6.30. The Morgan fingerprint density at radius 3 is 2.06 bits per heavy atom. The molecule has 0 bridgehead atoms. The molecule has 0 spiro atoms. The molecule has 1 N–H and O–H groups in total. The molecule has 110 valence electrons. The molecule has 0 heterocycles. The van der Waals surface area contributed by atoms with Gasteiger partial charge in [0.15, 0.2) is 9.84 Å². The third-order valence-electron chi connectivity index (χ3n) is 3.83. The van der Waals surface area contributed by atoms with Crippen molar-refractivity contribution in [3.8, 4) is 0 Å². The minimum atomic E-state index is -3.10. The molecule has 0 aromatic rings. The molecule has 0 fully saturated rings. The van der Waals surface area contributed by atoms with Crippen LogP contribution in [0.15, 0.2) is 0 Å². The van der Waals surface area contributed by atoms with E-state index >= 15 is 0 Å². The van der Waals surface area contributed by atoms with Crippen LogP contribution in [0.3, 0.4) is 0 Å². The molecule has 0 radical (unpaired) electrons. The molecular formula is C13H29NO3S. The van der Waals surface area contributed by atoms with Crippen molar-refractivity contribution in [2.45, 2.75) is 63.9 Å². The van der Waals surface area contributed by atoms with E-state index in [0.717, 1.165) is 19.4 Å². The lowest BCUT2D eigenvalue weighted by Crippen LogP contribution is -2.52. The SMILES string of the molecule is CCNC(CCC(C)(C)OC)C(C)(C)S(C)(=O)=O. The lowest BCUT2D eigenvalue weighted by atomic mass is 9.92. The highest BCUT2D eigenvalue weighted by atomic mass is 32.2. The third-order valence-corrected chi connectivity index (χ3v) is 6.03. The van der Waals surface area contributed by atoms with Crippen molar-refractivity contribution in [1.82, 2.24) is 5.32 Å². The van der Waals surface area contributed by atoms with Crippen LogP contribution in [-0.4, -0.2) is 44.7 Å². The summed E-state index contributed by atoms with van der Waals surface area (Å²) in [5.41, 5.74) is -0.221. The maximum Gasteiger partial charge on any atom is 0.154 e. The molecule has 0 aliphatic heterocycles. The zero-order chi connectivity index (χ0) is 14.6. The maximum absolute atomic E-state index is 11.9. The molecule has 0 aliphatic rings. The minimum Gasteiger partial charge on any atom is -0.379 e. The standard InChI is InChI=1S/C13H29NO3S/c1-8-14-11(9-10-12(2,3)17-6)13(4,5)18(7,15)16/h11,14H,8-10H2,1-7H3. The Balaban J connectivity index is 4.89. The van der Waals surface area contributed by atoms with Gasteiger partial charge >= 0.3 is 0 Å². The van der Waals surface area contributed by atoms with E-state index in [1.807, 2.05) is 20.8 Å². The highest BCUT2D eigenvalue weighted by Crippen LogP contribution is 2.26. The first kappa shape index (κ1) is 17.9. The van der Waals surface area contributed by atoms with Crippen molar-refractivity contribution in [1.29, 1.82) is 0 Å². The molecule has 4 nitrogen and oxygen atoms in total. The van der Waals surface area contributed by atoms with Gasteiger partial charge in [-0.3, -0.25) is 0 Å². The molecule has 0 rings (SSSR count). The number of methoxy groups -OCH3 is 1. The average molecular weight is 279 g/mol. The minimum absolute atomic E-state index is 0.0630. The van der Waals surface area contributed by atoms with E-state index in [2.05, 4.69) is 5.32 Å². The number of hydrogen-bond donors (Lipinski definition) is 1. The van der Waals surface area contributed by atoms with Gasteiger partial charge < -0.3 is 10.1 Å². The first-order valence-corrected chi connectivity index (χ1v) is 8.35. The molecule has 0 aromatic carbocycles. The first-order chi connectivity index (χ1) is 7.98. The van der Waals surface area contributed by atoms with E-state index in [1.54, 1.807) is 21.0 Å². The second kappa shape index (κ2) is 6.35. The normalized spacial score (nSPS) is 15.7. The van der Waals surface area contributed by atoms with Gasteiger partial charge in [-0.25, -0.2) is 8.42 Å². The lowest BCUT2D eigenvalue weighted by molar-refractivity contribution is 0.0110. The Morgan fingerprint density at radius 1 is 1.22 bits per heavy atom. The summed E-state index contributed by atoms with van der Waals surface area (Å²) in [7, 11) is -1.42. The summed E-state index contributed by atoms with van der Waals surface area (Å²) < 4.78 is 28.4. The molecule has 0 aromatic heterocycles. The van der Waals surface area contributed by atoms with E-state index in [-0.39, 0.29) is 11.6 Å². The molecular weight excluding hydrogens is 250 g/mol. The van der Waals surface area contributed by atoms with Crippen molar-refractivity contribution in [2.24, 2.45) is 0 Å². The molecule has 1 unspecified atom stereocenters. The smallest absolute Gasteiger partial charge is 0.154 e. The number of hydrogen-bond acceptors (Lipinski definition) is 4. The monoisotopic (exact) mass is 279 g/mol. The Hall–Kier alpha value is -0.130. The van der Waals surface area contributed by atoms with Crippen LogP contribution in [0.1, 0.15) is 47.5 Å². The molecule has 0 amide bonds. The van der Waals surface area contributed by atoms with E-state index in [0.29, 0.717) is 0 Å². The average Bonchev–Trinajstić information content (AvgIpc) is 2.22. The van der Waals surface area contributed by atoms with E-state index in [1.165, 1.54) is 6.26 Å². The van der Waals surface area contributed by atoms with Gasteiger partial charge in [-0.05, 0) is 47.1 Å². The fourth-order valence-corrected chi connectivity index (χ4v) is 2.51. The van der Waals surface area contributed by atoms with Gasteiger partial charge in [-0.15, -0.1) is 0 Å². The van der Waals surface area contributed by atoms with Gasteiger partial charge in [0.05, 0.1) is 10.3 Å². The molecule has 5 heteroatoms. The third kappa shape index (κ3) is 4.86. The van der Waals surface area contributed by atoms with Crippen molar-refractivity contribution in [2.75, 3.05) is 19.9 Å². The predicted octanol–water partition coefficient (Wildman–Crippen LogP) is 1.99. The van der Waals surface area contributed by atoms with Crippen LogP contribution >= 0.6 is 0 Å². The zero-order valence-electron chi connectivity index (χ0n) is 12.8. The molecule has 0 aliphatic carbocycles. The Labute approximate surface area is 112 Å². The summed E-state index contributed by atoms with van der Waals surface area (Å²) in [5.74, 6) is 0. The van der Waals surface area contributed by atoms with Crippen molar-refractivity contribution < 1.29 is 13.2 Å². The number of nitrogens with one attached hydrogen (secondary N) is 1. The topological polar surface area (TPSA) is 55.4 Å². The van der Waals surface area contributed by atoms with Crippen LogP contribution in [0.4, 0.5) is 0 Å². The number of rotatable bonds is 8. The predicted molar refractivity (Wildman–Crippen MR) is 76.7 cm³/mol. The van der Waals surface area contributed by atoms with Crippen molar-refractivity contribution >= 4 is 9.84 Å². The Morgan fingerprint density at radius 2 is 1.72 bits per heavy atom. The summed E-state index contributed by atoms with van der Waals surface area (Å²) in [6, 6.07) is -0.0630. The maximum atomic E-state index is 11.9. The molecule has 18 heavy (non-hydrogen) atoms.